The zero-order chi connectivity index (χ0) is 18.9. The lowest BCUT2D eigenvalue weighted by molar-refractivity contribution is 0.209. The molecule has 1 aromatic carbocycles. The van der Waals surface area contributed by atoms with Gasteiger partial charge in [-0.15, -0.1) is 0 Å². The number of hydrogen-bond acceptors (Lipinski definition) is 1. The molecule has 2 saturated carbocycles. The Bertz CT molecular complexity index is 565. The number of nitriles is 1. The minimum Gasteiger partial charge on any atom is -0.192 e. The Labute approximate surface area is 167 Å². The smallest absolute Gasteiger partial charge is 0.0991 e. The summed E-state index contributed by atoms with van der Waals surface area (Å²) in [5.74, 6) is 4.05. The average molecular weight is 366 g/mol. The molecule has 1 nitrogen and oxygen atoms in total. The highest BCUT2D eigenvalue weighted by molar-refractivity contribution is 5.31. The monoisotopic (exact) mass is 365 g/mol. The average Bonchev–Trinajstić information content (AvgIpc) is 2.73. The Kier molecular flexibility index (Phi) is 8.25. The number of benzene rings is 1. The first kappa shape index (κ1) is 20.4. The van der Waals surface area contributed by atoms with E-state index in [2.05, 4.69) is 25.1 Å². The van der Waals surface area contributed by atoms with Crippen molar-refractivity contribution in [2.45, 2.75) is 96.8 Å². The van der Waals surface area contributed by atoms with Gasteiger partial charge in [0.05, 0.1) is 11.6 Å². The number of aryl methyl sites for hydroxylation is 1. The second-order valence-corrected chi connectivity index (χ2v) is 9.49. The first-order chi connectivity index (χ1) is 13.3. The molecule has 0 unspecified atom stereocenters. The van der Waals surface area contributed by atoms with Crippen molar-refractivity contribution in [3.8, 4) is 6.07 Å². The fourth-order valence-corrected chi connectivity index (χ4v) is 5.61. The van der Waals surface area contributed by atoms with Crippen LogP contribution in [0.15, 0.2) is 24.3 Å². The van der Waals surface area contributed by atoms with Gasteiger partial charge in [-0.25, -0.2) is 0 Å². The van der Waals surface area contributed by atoms with Crippen molar-refractivity contribution in [3.63, 3.8) is 0 Å². The predicted molar refractivity (Wildman–Crippen MR) is 115 cm³/mol. The van der Waals surface area contributed by atoms with Gasteiger partial charge in [-0.1, -0.05) is 96.1 Å². The molecule has 0 amide bonds. The van der Waals surface area contributed by atoms with Crippen molar-refractivity contribution < 1.29 is 0 Å². The molecule has 0 heterocycles. The van der Waals surface area contributed by atoms with Crippen LogP contribution in [0, 0.1) is 35.0 Å². The van der Waals surface area contributed by atoms with Gasteiger partial charge in [0.15, 0.2) is 0 Å². The van der Waals surface area contributed by atoms with Crippen LogP contribution < -0.4 is 0 Å². The van der Waals surface area contributed by atoms with Crippen LogP contribution >= 0.6 is 0 Å². The summed E-state index contributed by atoms with van der Waals surface area (Å²) in [5.41, 5.74) is 2.17. The van der Waals surface area contributed by atoms with Gasteiger partial charge in [0.1, 0.15) is 0 Å². The maximum absolute atomic E-state index is 8.90. The molecule has 0 bridgehead atoms. The summed E-state index contributed by atoms with van der Waals surface area (Å²) in [6.45, 7) is 2.34. The summed E-state index contributed by atoms with van der Waals surface area (Å²) in [4.78, 5) is 0. The van der Waals surface area contributed by atoms with Gasteiger partial charge in [-0.3, -0.25) is 0 Å². The summed E-state index contributed by atoms with van der Waals surface area (Å²) in [6, 6.07) is 10.4. The standard InChI is InChI=1S/C26H39N/c1-2-3-21-4-6-22(7-5-21)8-9-23-10-12-24(13-11-23)14-15-25-16-18-26(20-27)19-17-25/h16-19,21-24H,2-15H2,1H3/t21-,22-,23?,24?. The lowest BCUT2D eigenvalue weighted by Crippen LogP contribution is -2.18. The van der Waals surface area contributed by atoms with Gasteiger partial charge in [0.2, 0.25) is 0 Å². The number of nitrogens with zero attached hydrogens (tertiary/aromatic N) is 1. The maximum Gasteiger partial charge on any atom is 0.0991 e. The fourth-order valence-electron chi connectivity index (χ4n) is 5.61. The van der Waals surface area contributed by atoms with E-state index < -0.39 is 0 Å². The van der Waals surface area contributed by atoms with Crippen LogP contribution in [-0.4, -0.2) is 0 Å². The van der Waals surface area contributed by atoms with E-state index in [1.54, 1.807) is 0 Å². The molecule has 2 aliphatic carbocycles. The van der Waals surface area contributed by atoms with Crippen LogP contribution in [0.2, 0.25) is 0 Å². The predicted octanol–water partition coefficient (Wildman–Crippen LogP) is 7.68. The molecule has 148 valence electrons. The van der Waals surface area contributed by atoms with Crippen LogP contribution in [0.25, 0.3) is 0 Å². The molecule has 1 aromatic rings. The third-order valence-corrected chi connectivity index (χ3v) is 7.54. The second kappa shape index (κ2) is 10.9. The van der Waals surface area contributed by atoms with Crippen molar-refractivity contribution >= 4 is 0 Å². The van der Waals surface area contributed by atoms with E-state index in [1.165, 1.54) is 95.5 Å². The maximum atomic E-state index is 8.90. The van der Waals surface area contributed by atoms with E-state index in [0.29, 0.717) is 0 Å². The molecule has 0 spiro atoms. The van der Waals surface area contributed by atoms with Gasteiger partial charge in [0, 0.05) is 0 Å². The molecule has 27 heavy (non-hydrogen) atoms. The molecule has 3 rings (SSSR count). The molecular weight excluding hydrogens is 326 g/mol. The molecule has 0 saturated heterocycles. The van der Waals surface area contributed by atoms with Crippen molar-refractivity contribution in [1.29, 1.82) is 5.26 Å². The van der Waals surface area contributed by atoms with Crippen LogP contribution in [0.3, 0.4) is 0 Å². The third kappa shape index (κ3) is 6.67. The highest BCUT2D eigenvalue weighted by atomic mass is 14.3. The highest BCUT2D eigenvalue weighted by Gasteiger charge is 2.24. The van der Waals surface area contributed by atoms with E-state index in [1.807, 2.05) is 12.1 Å². The molecule has 0 aromatic heterocycles. The Morgan fingerprint density at radius 3 is 1.59 bits per heavy atom. The molecule has 2 aliphatic rings. The molecule has 0 N–H and O–H groups in total. The summed E-state index contributed by atoms with van der Waals surface area (Å²) in [5, 5.41) is 8.90. The van der Waals surface area contributed by atoms with Crippen LogP contribution in [0.5, 0.6) is 0 Å². The first-order valence-corrected chi connectivity index (χ1v) is 11.8. The van der Waals surface area contributed by atoms with E-state index >= 15 is 0 Å². The summed E-state index contributed by atoms with van der Waals surface area (Å²) >= 11 is 0. The molecule has 1 heteroatoms. The first-order valence-electron chi connectivity index (χ1n) is 11.8. The van der Waals surface area contributed by atoms with Gasteiger partial charge in [-0.05, 0) is 54.2 Å². The van der Waals surface area contributed by atoms with E-state index in [0.717, 1.165) is 29.2 Å². The molecule has 0 radical (unpaired) electrons. The van der Waals surface area contributed by atoms with Crippen LogP contribution in [0.1, 0.15) is 102 Å². The topological polar surface area (TPSA) is 23.8 Å². The van der Waals surface area contributed by atoms with Crippen LogP contribution in [0.4, 0.5) is 0 Å². The van der Waals surface area contributed by atoms with E-state index in [-0.39, 0.29) is 0 Å². The largest absolute Gasteiger partial charge is 0.192 e. The second-order valence-electron chi connectivity index (χ2n) is 9.49. The highest BCUT2D eigenvalue weighted by Crippen LogP contribution is 2.38. The summed E-state index contributed by atoms with van der Waals surface area (Å²) in [6.07, 6.45) is 20.3. The van der Waals surface area contributed by atoms with Crippen molar-refractivity contribution in [3.05, 3.63) is 35.4 Å². The Hall–Kier alpha value is -1.29. The normalized spacial score (nSPS) is 28.6. The van der Waals surface area contributed by atoms with E-state index in [4.69, 9.17) is 5.26 Å². The summed E-state index contributed by atoms with van der Waals surface area (Å²) < 4.78 is 0. The minimum absolute atomic E-state index is 0.776. The Morgan fingerprint density at radius 1 is 0.704 bits per heavy atom. The number of rotatable bonds is 8. The molecule has 0 aliphatic heterocycles. The van der Waals surface area contributed by atoms with Gasteiger partial charge in [-0.2, -0.15) is 5.26 Å². The van der Waals surface area contributed by atoms with Crippen molar-refractivity contribution in [1.82, 2.24) is 0 Å². The fraction of sp³-hybridized carbons (Fsp3) is 0.731. The lowest BCUT2D eigenvalue weighted by Gasteiger charge is -2.32. The third-order valence-electron chi connectivity index (χ3n) is 7.54. The lowest BCUT2D eigenvalue weighted by atomic mass is 9.74. The Balaban J connectivity index is 1.28. The SMILES string of the molecule is CCC[C@H]1CC[C@H](CCC2CCC(CCc3ccc(C#N)cc3)CC2)CC1. The minimum atomic E-state index is 0.776. The van der Waals surface area contributed by atoms with E-state index in [9.17, 15) is 0 Å². The Morgan fingerprint density at radius 2 is 1.15 bits per heavy atom. The van der Waals surface area contributed by atoms with Gasteiger partial charge in [0.25, 0.3) is 0 Å². The zero-order valence-corrected chi connectivity index (χ0v) is 17.5. The zero-order valence-electron chi connectivity index (χ0n) is 17.5. The molecular formula is C26H39N. The molecule has 2 fully saturated rings. The van der Waals surface area contributed by atoms with Crippen LogP contribution in [-0.2, 0) is 6.42 Å². The quantitative estimate of drug-likeness (QED) is 0.463. The van der Waals surface area contributed by atoms with Crippen molar-refractivity contribution in [2.24, 2.45) is 23.7 Å². The van der Waals surface area contributed by atoms with Gasteiger partial charge < -0.3 is 0 Å². The summed E-state index contributed by atoms with van der Waals surface area (Å²) in [7, 11) is 0. The number of hydrogen-bond donors (Lipinski definition) is 0. The molecule has 0 atom stereocenters. The van der Waals surface area contributed by atoms with Crippen molar-refractivity contribution in [2.75, 3.05) is 0 Å². The van der Waals surface area contributed by atoms with Gasteiger partial charge >= 0.3 is 0 Å².